The van der Waals surface area contributed by atoms with Crippen molar-refractivity contribution in [1.29, 1.82) is 0 Å². The van der Waals surface area contributed by atoms with Crippen LogP contribution in [0, 0.1) is 0 Å². The van der Waals surface area contributed by atoms with Crippen molar-refractivity contribution >= 4 is 22.4 Å². The van der Waals surface area contributed by atoms with E-state index in [2.05, 4.69) is 30.7 Å². The predicted octanol–water partition coefficient (Wildman–Crippen LogP) is 0.593. The average Bonchev–Trinajstić information content (AvgIpc) is 3.11. The van der Waals surface area contributed by atoms with Gasteiger partial charge >= 0.3 is 0 Å². The Balaban J connectivity index is 1.95. The molecular formula is C13H22N8S. The standard InChI is InChI=1S/C13H22N8S/c1-5-14-12(16-7-11-17-9-18-21(11)4)15-6-10-8-22-13(19-10)20(2)3/h8-9H,5-7H2,1-4H3,(H2,14,15,16). The highest BCUT2D eigenvalue weighted by molar-refractivity contribution is 7.13. The molecule has 2 rings (SSSR count). The molecule has 8 nitrogen and oxygen atoms in total. The van der Waals surface area contributed by atoms with E-state index in [1.807, 2.05) is 38.3 Å². The van der Waals surface area contributed by atoms with E-state index in [1.54, 1.807) is 22.3 Å². The summed E-state index contributed by atoms with van der Waals surface area (Å²) >= 11 is 1.62. The Bertz CT molecular complexity index is 615. The molecule has 22 heavy (non-hydrogen) atoms. The van der Waals surface area contributed by atoms with Crippen molar-refractivity contribution in [2.24, 2.45) is 12.0 Å². The molecule has 0 aliphatic rings. The second kappa shape index (κ2) is 7.74. The lowest BCUT2D eigenvalue weighted by atomic mass is 10.5. The third-order valence-electron chi connectivity index (χ3n) is 2.88. The minimum Gasteiger partial charge on any atom is -0.357 e. The van der Waals surface area contributed by atoms with Crippen molar-refractivity contribution in [2.45, 2.75) is 20.0 Å². The van der Waals surface area contributed by atoms with Gasteiger partial charge in [0.05, 0.1) is 18.8 Å². The molecule has 0 fully saturated rings. The van der Waals surface area contributed by atoms with Gasteiger partial charge in [-0.15, -0.1) is 11.3 Å². The van der Waals surface area contributed by atoms with Crippen LogP contribution in [0.2, 0.25) is 0 Å². The fraction of sp³-hybridized carbons (Fsp3) is 0.538. The largest absolute Gasteiger partial charge is 0.357 e. The molecule has 120 valence electrons. The highest BCUT2D eigenvalue weighted by Gasteiger charge is 2.05. The first-order valence-corrected chi connectivity index (χ1v) is 7.95. The summed E-state index contributed by atoms with van der Waals surface area (Å²) in [5, 5.41) is 13.5. The Kier molecular flexibility index (Phi) is 5.70. The zero-order valence-electron chi connectivity index (χ0n) is 13.4. The molecule has 0 unspecified atom stereocenters. The lowest BCUT2D eigenvalue weighted by Gasteiger charge is -2.10. The number of hydrogen-bond donors (Lipinski definition) is 2. The molecule has 0 saturated heterocycles. The molecule has 2 aromatic heterocycles. The highest BCUT2D eigenvalue weighted by Crippen LogP contribution is 2.18. The molecule has 2 N–H and O–H groups in total. The van der Waals surface area contributed by atoms with Crippen LogP contribution in [-0.2, 0) is 20.1 Å². The number of anilines is 1. The van der Waals surface area contributed by atoms with E-state index in [0.717, 1.165) is 29.2 Å². The summed E-state index contributed by atoms with van der Waals surface area (Å²) in [5.74, 6) is 1.60. The number of aryl methyl sites for hydroxylation is 1. The van der Waals surface area contributed by atoms with Gasteiger partial charge in [0.1, 0.15) is 12.2 Å². The molecule has 2 heterocycles. The van der Waals surface area contributed by atoms with Crippen LogP contribution in [0.25, 0.3) is 0 Å². The molecule has 0 atom stereocenters. The summed E-state index contributed by atoms with van der Waals surface area (Å²) in [7, 11) is 5.84. The lowest BCUT2D eigenvalue weighted by Crippen LogP contribution is -2.37. The molecule has 0 radical (unpaired) electrons. The summed E-state index contributed by atoms with van der Waals surface area (Å²) in [6, 6.07) is 0. The van der Waals surface area contributed by atoms with Gasteiger partial charge in [-0.05, 0) is 6.92 Å². The van der Waals surface area contributed by atoms with Gasteiger partial charge < -0.3 is 15.5 Å². The Morgan fingerprint density at radius 3 is 2.82 bits per heavy atom. The molecule has 2 aromatic rings. The van der Waals surface area contributed by atoms with Gasteiger partial charge in [0.2, 0.25) is 0 Å². The normalized spacial score (nSPS) is 11.5. The topological polar surface area (TPSA) is 83.3 Å². The number of guanidine groups is 1. The quantitative estimate of drug-likeness (QED) is 0.598. The molecule has 0 aliphatic carbocycles. The van der Waals surface area contributed by atoms with Gasteiger partial charge in [0.25, 0.3) is 0 Å². The maximum atomic E-state index is 4.55. The maximum absolute atomic E-state index is 4.55. The number of aliphatic imine (C=N–C) groups is 1. The van der Waals surface area contributed by atoms with Crippen molar-refractivity contribution in [3.63, 3.8) is 0 Å². The second-order valence-electron chi connectivity index (χ2n) is 4.86. The van der Waals surface area contributed by atoms with Gasteiger partial charge in [-0.1, -0.05) is 0 Å². The SMILES string of the molecule is CCNC(=NCc1csc(N(C)C)n1)NCc1ncnn1C. The van der Waals surface area contributed by atoms with Crippen LogP contribution < -0.4 is 15.5 Å². The van der Waals surface area contributed by atoms with E-state index in [-0.39, 0.29) is 0 Å². The van der Waals surface area contributed by atoms with Gasteiger partial charge in [-0.25, -0.2) is 15.0 Å². The van der Waals surface area contributed by atoms with Crippen LogP contribution in [-0.4, -0.2) is 46.3 Å². The predicted molar refractivity (Wildman–Crippen MR) is 89.1 cm³/mol. The van der Waals surface area contributed by atoms with Crippen LogP contribution in [0.1, 0.15) is 18.4 Å². The lowest BCUT2D eigenvalue weighted by molar-refractivity contribution is 0.673. The molecular weight excluding hydrogens is 300 g/mol. The van der Waals surface area contributed by atoms with Crippen molar-refractivity contribution in [3.05, 3.63) is 23.2 Å². The van der Waals surface area contributed by atoms with E-state index < -0.39 is 0 Å². The van der Waals surface area contributed by atoms with E-state index >= 15 is 0 Å². The first-order chi connectivity index (χ1) is 10.6. The second-order valence-corrected chi connectivity index (χ2v) is 5.70. The molecule has 0 spiro atoms. The van der Waals surface area contributed by atoms with Gasteiger partial charge in [0.15, 0.2) is 11.1 Å². The van der Waals surface area contributed by atoms with Crippen molar-refractivity contribution in [1.82, 2.24) is 30.4 Å². The maximum Gasteiger partial charge on any atom is 0.192 e. The number of nitrogens with one attached hydrogen (secondary N) is 2. The zero-order valence-corrected chi connectivity index (χ0v) is 14.2. The van der Waals surface area contributed by atoms with Crippen molar-refractivity contribution in [3.8, 4) is 0 Å². The number of nitrogens with zero attached hydrogens (tertiary/aromatic N) is 6. The molecule has 0 aromatic carbocycles. The first kappa shape index (κ1) is 16.2. The fourth-order valence-electron chi connectivity index (χ4n) is 1.72. The Morgan fingerprint density at radius 1 is 1.41 bits per heavy atom. The van der Waals surface area contributed by atoms with E-state index in [0.29, 0.717) is 13.1 Å². The van der Waals surface area contributed by atoms with E-state index in [9.17, 15) is 0 Å². The van der Waals surface area contributed by atoms with Gasteiger partial charge in [0, 0.05) is 33.1 Å². The number of hydrogen-bond acceptors (Lipinski definition) is 6. The first-order valence-electron chi connectivity index (χ1n) is 7.07. The smallest absolute Gasteiger partial charge is 0.192 e. The molecule has 9 heteroatoms. The Morgan fingerprint density at radius 2 is 2.23 bits per heavy atom. The molecule has 0 aliphatic heterocycles. The van der Waals surface area contributed by atoms with Crippen molar-refractivity contribution < 1.29 is 0 Å². The zero-order chi connectivity index (χ0) is 15.9. The van der Waals surface area contributed by atoms with Gasteiger partial charge in [-0.2, -0.15) is 5.10 Å². The molecule has 0 saturated carbocycles. The minimum atomic E-state index is 0.540. The summed E-state index contributed by atoms with van der Waals surface area (Å²) in [4.78, 5) is 15.2. The minimum absolute atomic E-state index is 0.540. The van der Waals surface area contributed by atoms with Crippen LogP contribution in [0.3, 0.4) is 0 Å². The monoisotopic (exact) mass is 322 g/mol. The Labute approximate surface area is 134 Å². The Hall–Kier alpha value is -2.16. The average molecular weight is 322 g/mol. The fourth-order valence-corrected chi connectivity index (χ4v) is 2.47. The summed E-state index contributed by atoms with van der Waals surface area (Å²) < 4.78 is 1.74. The summed E-state index contributed by atoms with van der Waals surface area (Å²) in [6.07, 6.45) is 1.54. The summed E-state index contributed by atoms with van der Waals surface area (Å²) in [6.45, 7) is 3.94. The van der Waals surface area contributed by atoms with E-state index in [4.69, 9.17) is 0 Å². The van der Waals surface area contributed by atoms with Crippen LogP contribution >= 0.6 is 11.3 Å². The van der Waals surface area contributed by atoms with Gasteiger partial charge in [-0.3, -0.25) is 4.68 Å². The third-order valence-corrected chi connectivity index (χ3v) is 3.94. The highest BCUT2D eigenvalue weighted by atomic mass is 32.1. The van der Waals surface area contributed by atoms with Crippen LogP contribution in [0.4, 0.5) is 5.13 Å². The molecule has 0 bridgehead atoms. The van der Waals surface area contributed by atoms with Crippen molar-refractivity contribution in [2.75, 3.05) is 25.5 Å². The number of thiazole rings is 1. The molecule has 0 amide bonds. The van der Waals surface area contributed by atoms with Crippen LogP contribution in [0.5, 0.6) is 0 Å². The number of aromatic nitrogens is 4. The number of rotatable bonds is 6. The van der Waals surface area contributed by atoms with Crippen LogP contribution in [0.15, 0.2) is 16.7 Å². The van der Waals surface area contributed by atoms with E-state index in [1.165, 1.54) is 0 Å². The third kappa shape index (κ3) is 4.42. The summed E-state index contributed by atoms with van der Waals surface area (Å²) in [5.41, 5.74) is 0.963.